The van der Waals surface area contributed by atoms with E-state index in [9.17, 15) is 24.6 Å². The molecule has 2 aromatic carbocycles. The number of carbonyl (C=O) groups is 3. The van der Waals surface area contributed by atoms with E-state index in [2.05, 4.69) is 54.4 Å². The maximum absolute atomic E-state index is 14.3. The number of likely N-dealkylation sites (tertiary alicyclic amines) is 2. The number of carbonyl (C=O) groups excluding carboxylic acids is 3. The summed E-state index contributed by atoms with van der Waals surface area (Å²) >= 11 is 9.54. The number of hydrogen-bond donors (Lipinski definition) is 5. The Labute approximate surface area is 434 Å². The van der Waals surface area contributed by atoms with E-state index in [-0.39, 0.29) is 61.4 Å². The number of amides is 3. The van der Waals surface area contributed by atoms with Gasteiger partial charge in [-0.3, -0.25) is 34.2 Å². The Bertz CT molecular complexity index is 2790. The van der Waals surface area contributed by atoms with Gasteiger partial charge in [0.15, 0.2) is 5.82 Å². The van der Waals surface area contributed by atoms with Crippen LogP contribution in [0.1, 0.15) is 123 Å². The van der Waals surface area contributed by atoms with E-state index in [0.717, 1.165) is 80.6 Å². The predicted molar refractivity (Wildman–Crippen MR) is 281 cm³/mol. The molecule has 3 aliphatic heterocycles. The first kappa shape index (κ1) is 52.0. The third-order valence-electron chi connectivity index (χ3n) is 14.7. The van der Waals surface area contributed by atoms with Gasteiger partial charge in [-0.25, -0.2) is 4.98 Å². The molecule has 3 aromatic heterocycles. The lowest BCUT2D eigenvalue weighted by Gasteiger charge is -2.41. The highest BCUT2D eigenvalue weighted by atomic mass is 35.5. The van der Waals surface area contributed by atoms with Crippen molar-refractivity contribution in [1.82, 2.24) is 45.5 Å². The van der Waals surface area contributed by atoms with Crippen LogP contribution in [-0.2, 0) is 19.1 Å². The van der Waals surface area contributed by atoms with Crippen molar-refractivity contribution in [2.75, 3.05) is 26.2 Å². The van der Waals surface area contributed by atoms with Gasteiger partial charge >= 0.3 is 0 Å². The molecule has 6 atom stereocenters. The lowest BCUT2D eigenvalue weighted by molar-refractivity contribution is -0.143. The van der Waals surface area contributed by atoms with Gasteiger partial charge in [-0.1, -0.05) is 68.8 Å². The minimum Gasteiger partial charge on any atom is -0.391 e. The number of rotatable bonds is 15. The lowest BCUT2D eigenvalue weighted by atomic mass is 9.85. The zero-order valence-electron chi connectivity index (χ0n) is 42.3. The number of nitrogens with zero attached hydrogens (tertiary/aromatic N) is 7. The molecule has 1 saturated carbocycles. The van der Waals surface area contributed by atoms with Gasteiger partial charge in [0.25, 0.3) is 0 Å². The molecule has 0 radical (unpaired) electrons. The largest absolute Gasteiger partial charge is 0.391 e. The third-order valence-corrected chi connectivity index (χ3v) is 17.1. The third kappa shape index (κ3) is 11.3. The average Bonchev–Trinajstić information content (AvgIpc) is 4.10. The molecule has 6 heterocycles. The molecule has 0 bridgehead atoms. The topological polar surface area (TPSA) is 199 Å². The van der Waals surface area contributed by atoms with Crippen molar-refractivity contribution in [3.8, 4) is 15.4 Å². The number of β-amino-alcohol motifs (C(OH)–C–C–N with tert-alkyl or cyclic N) is 2. The van der Waals surface area contributed by atoms with E-state index >= 15 is 0 Å². The zero-order chi connectivity index (χ0) is 51.2. The van der Waals surface area contributed by atoms with E-state index in [1.165, 1.54) is 9.78 Å². The van der Waals surface area contributed by atoms with Crippen LogP contribution in [0.15, 0.2) is 59.0 Å². The molecule has 19 heteroatoms. The number of thiazole rings is 1. The van der Waals surface area contributed by atoms with Gasteiger partial charge in [-0.2, -0.15) is 0 Å². The summed E-state index contributed by atoms with van der Waals surface area (Å²) < 4.78 is 8.58. The molecule has 16 nitrogen and oxygen atoms in total. The number of thiophene rings is 1. The highest BCUT2D eigenvalue weighted by Gasteiger charge is 2.45. The van der Waals surface area contributed by atoms with Gasteiger partial charge < -0.3 is 30.5 Å². The highest BCUT2D eigenvalue weighted by Crippen LogP contribution is 2.40. The summed E-state index contributed by atoms with van der Waals surface area (Å²) in [7, 11) is 0. The van der Waals surface area contributed by atoms with Crippen LogP contribution in [0.4, 0.5) is 0 Å². The fraction of sp³-hybridized carbons (Fsp3) is 0.528. The molecule has 5 aromatic rings. The second-order valence-electron chi connectivity index (χ2n) is 21.1. The van der Waals surface area contributed by atoms with E-state index in [1.54, 1.807) is 22.7 Å². The molecule has 1 unspecified atom stereocenters. The Balaban J connectivity index is 0.735. The number of aliphatic hydroxyl groups is 2. The predicted octanol–water partition coefficient (Wildman–Crippen LogP) is 6.91. The van der Waals surface area contributed by atoms with Gasteiger partial charge in [-0.05, 0) is 94.5 Å². The van der Waals surface area contributed by atoms with Gasteiger partial charge in [0.1, 0.15) is 29.1 Å². The second kappa shape index (κ2) is 21.5. The van der Waals surface area contributed by atoms with Crippen molar-refractivity contribution < 1.29 is 29.3 Å². The molecule has 3 fully saturated rings. The maximum Gasteiger partial charge on any atom is 0.243 e. The summed E-state index contributed by atoms with van der Waals surface area (Å²) in [5, 5.41) is 42.3. The van der Waals surface area contributed by atoms with Gasteiger partial charge in [0.2, 0.25) is 17.7 Å². The van der Waals surface area contributed by atoms with Crippen LogP contribution in [0.3, 0.4) is 0 Å². The minimum absolute atomic E-state index is 0.00134. The van der Waals surface area contributed by atoms with Crippen molar-refractivity contribution in [2.24, 2.45) is 10.4 Å². The Morgan fingerprint density at radius 1 is 0.944 bits per heavy atom. The van der Waals surface area contributed by atoms with E-state index < -0.39 is 35.9 Å². The van der Waals surface area contributed by atoms with Gasteiger partial charge in [-0.15, -0.1) is 32.9 Å². The number of hydrogen-bond acceptors (Lipinski definition) is 14. The number of halogens is 1. The highest BCUT2D eigenvalue weighted by molar-refractivity contribution is 7.15. The van der Waals surface area contributed by atoms with Crippen LogP contribution >= 0.6 is 34.3 Å². The fourth-order valence-electron chi connectivity index (χ4n) is 10.4. The number of benzene rings is 2. The van der Waals surface area contributed by atoms with Crippen LogP contribution in [0.25, 0.3) is 15.4 Å². The molecular weight excluding hydrogens is 972 g/mol. The number of aliphatic imine (C=N–C) groups is 1. The van der Waals surface area contributed by atoms with Crippen molar-refractivity contribution in [3.63, 3.8) is 0 Å². The average molecular weight is 1040 g/mol. The van der Waals surface area contributed by atoms with Crippen molar-refractivity contribution >= 4 is 57.7 Å². The number of fused-ring (bicyclic) bond motifs is 3. The fourth-order valence-corrected chi connectivity index (χ4v) is 12.6. The Morgan fingerprint density at radius 3 is 2.31 bits per heavy atom. The standard InChI is InChI=1S/C53H67ClN10O6S2/c1-28-31(4)72-52-45(28)46(34-13-15-36(54)16-14-34)58-41(49-61-60-32(5)64(49)52)24-43(66)57-37-21-40(22-37)70-39-17-19-62(20-18-39)26-44(67)59-48(53(6,7)8)51(69)63-25-38(65)23-42(63)50(68)56-29(2)33-9-11-35(12-10-33)47-30(3)55-27-71-47/h9-16,27,29,37-42,44,48,59,65,67H,17-26H2,1-8H3,(H,56,68)(H,57,66)/t29-,37?,38-,40?,41-,42+,44?,48+/m0/s1. The van der Waals surface area contributed by atoms with Crippen LogP contribution in [0.5, 0.6) is 0 Å². The first-order chi connectivity index (χ1) is 34.3. The van der Waals surface area contributed by atoms with E-state index in [1.807, 2.05) is 95.6 Å². The molecule has 2 saturated heterocycles. The van der Waals surface area contributed by atoms with Crippen LogP contribution in [-0.4, -0.2) is 132 Å². The first-order valence-electron chi connectivity index (χ1n) is 25.1. The molecule has 4 aliphatic rings. The molecular formula is C53H67ClN10O6S2. The van der Waals surface area contributed by atoms with Gasteiger partial charge in [0, 0.05) is 59.7 Å². The molecule has 9 rings (SSSR count). The van der Waals surface area contributed by atoms with E-state index in [4.69, 9.17) is 21.3 Å². The summed E-state index contributed by atoms with van der Waals surface area (Å²) in [5.74, 6) is 0.628. The number of aromatic nitrogens is 4. The molecule has 3 amide bonds. The van der Waals surface area contributed by atoms with Crippen molar-refractivity contribution in [3.05, 3.63) is 104 Å². The number of ether oxygens (including phenoxy) is 1. The van der Waals surface area contributed by atoms with Crippen molar-refractivity contribution in [2.45, 2.75) is 149 Å². The summed E-state index contributed by atoms with van der Waals surface area (Å²) in [4.78, 5) is 57.4. The minimum atomic E-state index is -1.02. The number of piperidine rings is 1. The smallest absolute Gasteiger partial charge is 0.243 e. The molecule has 384 valence electrons. The van der Waals surface area contributed by atoms with Gasteiger partial charge in [0.05, 0.1) is 58.6 Å². The van der Waals surface area contributed by atoms with Crippen LogP contribution < -0.4 is 16.0 Å². The quantitative estimate of drug-likeness (QED) is 0.0683. The molecule has 5 N–H and O–H groups in total. The number of aryl methyl sites for hydroxylation is 3. The first-order valence-corrected chi connectivity index (χ1v) is 27.2. The Kier molecular flexibility index (Phi) is 15.5. The molecule has 0 spiro atoms. The summed E-state index contributed by atoms with van der Waals surface area (Å²) in [6.45, 7) is 17.6. The second-order valence-corrected chi connectivity index (χ2v) is 23.6. The monoisotopic (exact) mass is 1040 g/mol. The van der Waals surface area contributed by atoms with Crippen molar-refractivity contribution in [1.29, 1.82) is 0 Å². The van der Waals surface area contributed by atoms with E-state index in [0.29, 0.717) is 30.5 Å². The van der Waals surface area contributed by atoms with Crippen LogP contribution in [0.2, 0.25) is 5.02 Å². The lowest BCUT2D eigenvalue weighted by Crippen LogP contribution is -2.60. The summed E-state index contributed by atoms with van der Waals surface area (Å²) in [6, 6.07) is 13.1. The summed E-state index contributed by atoms with van der Waals surface area (Å²) in [6.07, 6.45) is 1.53. The Hall–Kier alpha value is -4.92. The number of nitrogens with one attached hydrogen (secondary N) is 3. The van der Waals surface area contributed by atoms with Crippen LogP contribution in [0, 0.1) is 33.1 Å². The SMILES string of the molecule is Cc1ncsc1-c1ccc([C@H](C)NC(=O)[C@H]2C[C@H](O)CN2C(=O)[C@@H](NC(O)CN2CCC(OC3CC(NC(=O)C[C@@H]4N=C(c5ccc(Cl)cc5)c5c(sc(C)c5C)-n5c(C)nnc54)C3)CC2)C(C)(C)C)cc1. The Morgan fingerprint density at radius 2 is 1.64 bits per heavy atom. The maximum atomic E-state index is 14.3. The molecule has 1 aliphatic carbocycles. The summed E-state index contributed by atoms with van der Waals surface area (Å²) in [5.41, 5.74) is 8.06. The normalized spacial score (nSPS) is 22.8. The zero-order valence-corrected chi connectivity index (χ0v) is 44.7. The number of aliphatic hydroxyl groups excluding tert-OH is 2. The molecule has 72 heavy (non-hydrogen) atoms.